The number of benzene rings is 2. The molecule has 2 aromatic carbocycles. The number of carbonyl (C=O) groups excluding carboxylic acids is 1. The molecule has 2 N–H and O–H groups in total. The summed E-state index contributed by atoms with van der Waals surface area (Å²) in [6.45, 7) is 6.16. The highest BCUT2D eigenvalue weighted by Gasteiger charge is 2.25. The summed E-state index contributed by atoms with van der Waals surface area (Å²) < 4.78 is 1.92. The Morgan fingerprint density at radius 2 is 1.64 bits per heavy atom. The fourth-order valence-corrected chi connectivity index (χ4v) is 4.93. The van der Waals surface area contributed by atoms with Gasteiger partial charge < -0.3 is 10.6 Å². The van der Waals surface area contributed by atoms with Crippen LogP contribution in [-0.2, 0) is 6.42 Å². The van der Waals surface area contributed by atoms with Crippen molar-refractivity contribution in [3.8, 4) is 5.69 Å². The van der Waals surface area contributed by atoms with E-state index < -0.39 is 0 Å². The number of hydrogen-bond donors (Lipinski definition) is 2. The maximum absolute atomic E-state index is 12.6. The number of anilines is 1. The first-order chi connectivity index (χ1) is 17.4. The molecule has 1 aliphatic carbocycles. The van der Waals surface area contributed by atoms with Crippen LogP contribution in [0.4, 0.5) is 5.82 Å². The van der Waals surface area contributed by atoms with E-state index in [0.717, 1.165) is 66.2 Å². The number of halogens is 1. The highest BCUT2D eigenvalue weighted by Crippen LogP contribution is 2.29. The van der Waals surface area contributed by atoms with E-state index >= 15 is 0 Å². The van der Waals surface area contributed by atoms with Gasteiger partial charge in [-0.25, -0.2) is 14.6 Å². The molecule has 0 unspecified atom stereocenters. The zero-order valence-corrected chi connectivity index (χ0v) is 21.6. The first-order valence-electron chi connectivity index (χ1n) is 12.6. The summed E-state index contributed by atoms with van der Waals surface area (Å²) in [7, 11) is 0. The quantitative estimate of drug-likeness (QED) is 0.348. The van der Waals surface area contributed by atoms with Crippen LogP contribution in [0.15, 0.2) is 48.5 Å². The maximum Gasteiger partial charge on any atom is 0.251 e. The molecule has 1 fully saturated rings. The largest absolute Gasteiger partial charge is 0.367 e. The van der Waals surface area contributed by atoms with Gasteiger partial charge in [-0.2, -0.15) is 5.10 Å². The van der Waals surface area contributed by atoms with Crippen molar-refractivity contribution < 1.29 is 4.79 Å². The lowest BCUT2D eigenvalue weighted by atomic mass is 9.91. The molecule has 1 saturated carbocycles. The van der Waals surface area contributed by atoms with Gasteiger partial charge in [0.05, 0.1) is 16.8 Å². The fraction of sp³-hybridized carbons (Fsp3) is 0.357. The summed E-state index contributed by atoms with van der Waals surface area (Å²) in [5, 5.41) is 13.3. The van der Waals surface area contributed by atoms with Gasteiger partial charge in [0.15, 0.2) is 5.65 Å². The Labute approximate surface area is 216 Å². The number of nitrogens with zero attached hydrogens (tertiary/aromatic N) is 4. The fourth-order valence-electron chi connectivity index (χ4n) is 4.80. The van der Waals surface area contributed by atoms with Gasteiger partial charge in [0.1, 0.15) is 11.6 Å². The zero-order chi connectivity index (χ0) is 25.2. The third-order valence-corrected chi connectivity index (χ3v) is 7.11. The minimum atomic E-state index is -0.0488. The topological polar surface area (TPSA) is 84.7 Å². The van der Waals surface area contributed by atoms with Crippen LogP contribution in [0, 0.1) is 13.8 Å². The van der Waals surface area contributed by atoms with E-state index in [2.05, 4.69) is 48.7 Å². The van der Waals surface area contributed by atoms with Gasteiger partial charge in [-0.3, -0.25) is 4.79 Å². The number of aromatic nitrogens is 4. The van der Waals surface area contributed by atoms with Crippen molar-refractivity contribution in [2.24, 2.45) is 0 Å². The van der Waals surface area contributed by atoms with E-state index in [1.807, 2.05) is 11.6 Å². The second kappa shape index (κ2) is 10.3. The molecule has 0 spiro atoms. The van der Waals surface area contributed by atoms with Crippen LogP contribution in [0.5, 0.6) is 0 Å². The van der Waals surface area contributed by atoms with Gasteiger partial charge in [0, 0.05) is 29.1 Å². The van der Waals surface area contributed by atoms with Gasteiger partial charge in [-0.1, -0.05) is 36.2 Å². The summed E-state index contributed by atoms with van der Waals surface area (Å²) in [5.74, 6) is 1.59. The number of carbonyl (C=O) groups is 1. The highest BCUT2D eigenvalue weighted by atomic mass is 35.5. The Bertz CT molecular complexity index is 1370. The molecule has 186 valence electrons. The molecule has 1 amide bonds. The number of nitrogens with one attached hydrogen (secondary N) is 2. The zero-order valence-electron chi connectivity index (χ0n) is 20.9. The second-order valence-corrected chi connectivity index (χ2v) is 9.98. The van der Waals surface area contributed by atoms with Crippen molar-refractivity contribution in [3.05, 3.63) is 76.2 Å². The van der Waals surface area contributed by atoms with Gasteiger partial charge in [-0.15, -0.1) is 0 Å². The molecule has 2 heterocycles. The van der Waals surface area contributed by atoms with Crippen LogP contribution in [0.3, 0.4) is 0 Å². The maximum atomic E-state index is 12.6. The van der Waals surface area contributed by atoms with Crippen molar-refractivity contribution in [2.45, 2.75) is 65.0 Å². The lowest BCUT2D eigenvalue weighted by molar-refractivity contribution is 0.0926. The Balaban J connectivity index is 1.31. The van der Waals surface area contributed by atoms with Gasteiger partial charge >= 0.3 is 0 Å². The predicted molar refractivity (Wildman–Crippen MR) is 144 cm³/mol. The molecule has 0 radical (unpaired) electrons. The molecule has 5 rings (SSSR count). The molecule has 0 bridgehead atoms. The van der Waals surface area contributed by atoms with E-state index in [4.69, 9.17) is 26.7 Å². The third-order valence-electron chi connectivity index (χ3n) is 6.85. The molecule has 2 aromatic heterocycles. The number of fused-ring (bicyclic) bond motifs is 1. The first kappa shape index (κ1) is 24.3. The molecule has 7 nitrogen and oxygen atoms in total. The molecular weight excluding hydrogens is 472 g/mol. The monoisotopic (exact) mass is 502 g/mol. The van der Waals surface area contributed by atoms with Crippen LogP contribution >= 0.6 is 11.6 Å². The van der Waals surface area contributed by atoms with Crippen LogP contribution in [0.2, 0.25) is 5.02 Å². The number of aryl methyl sites for hydroxylation is 3. The van der Waals surface area contributed by atoms with Crippen LogP contribution in [0.1, 0.15) is 60.0 Å². The molecular formula is C28H31ClN6O. The number of rotatable bonds is 6. The standard InChI is InChI=1S/C28H31ClN6O/c1-4-24-32-26(25-18(3)34-35(27(25)33-24)23-15-5-17(2)6-16-23)30-21-11-13-22(14-12-21)31-28(36)19-7-9-20(29)10-8-19/h5-10,15-16,21-22H,4,11-14H2,1-3H3,(H,31,36)(H,30,32,33). The van der Waals surface area contributed by atoms with Crippen LogP contribution in [0.25, 0.3) is 16.7 Å². The molecule has 36 heavy (non-hydrogen) atoms. The van der Waals surface area contributed by atoms with Gasteiger partial charge in [0.25, 0.3) is 5.91 Å². The molecule has 4 aromatic rings. The molecule has 0 aliphatic heterocycles. The summed E-state index contributed by atoms with van der Waals surface area (Å²) in [6.07, 6.45) is 4.46. The van der Waals surface area contributed by atoms with Crippen molar-refractivity contribution in [1.29, 1.82) is 0 Å². The van der Waals surface area contributed by atoms with E-state index in [-0.39, 0.29) is 18.0 Å². The number of hydrogen-bond acceptors (Lipinski definition) is 5. The average Bonchev–Trinajstić information content (AvgIpc) is 3.22. The Morgan fingerprint density at radius 3 is 2.31 bits per heavy atom. The minimum absolute atomic E-state index is 0.0488. The van der Waals surface area contributed by atoms with E-state index in [0.29, 0.717) is 10.6 Å². The lowest BCUT2D eigenvalue weighted by Crippen LogP contribution is -2.40. The average molecular weight is 503 g/mol. The SMILES string of the molecule is CCc1nc(NC2CCC(NC(=O)c3ccc(Cl)cc3)CC2)c2c(C)nn(-c3ccc(C)cc3)c2n1. The molecule has 0 atom stereocenters. The first-order valence-corrected chi connectivity index (χ1v) is 13.0. The van der Waals surface area contributed by atoms with Gasteiger partial charge in [0.2, 0.25) is 0 Å². The number of amides is 1. The minimum Gasteiger partial charge on any atom is -0.367 e. The van der Waals surface area contributed by atoms with Gasteiger partial charge in [-0.05, 0) is 75.9 Å². The Morgan fingerprint density at radius 1 is 0.972 bits per heavy atom. The van der Waals surface area contributed by atoms with Crippen LogP contribution in [-0.4, -0.2) is 37.7 Å². The van der Waals surface area contributed by atoms with E-state index in [1.165, 1.54) is 5.56 Å². The van der Waals surface area contributed by atoms with E-state index in [9.17, 15) is 4.79 Å². The lowest BCUT2D eigenvalue weighted by Gasteiger charge is -2.30. The summed E-state index contributed by atoms with van der Waals surface area (Å²) in [6, 6.07) is 15.8. The summed E-state index contributed by atoms with van der Waals surface area (Å²) in [4.78, 5) is 22.3. The smallest absolute Gasteiger partial charge is 0.251 e. The van der Waals surface area contributed by atoms with Crippen molar-refractivity contribution in [1.82, 2.24) is 25.1 Å². The van der Waals surface area contributed by atoms with Crippen molar-refractivity contribution in [2.75, 3.05) is 5.32 Å². The normalized spacial score (nSPS) is 17.8. The third kappa shape index (κ3) is 5.07. The Hall–Kier alpha value is -3.45. The molecule has 0 saturated heterocycles. The highest BCUT2D eigenvalue weighted by molar-refractivity contribution is 6.30. The van der Waals surface area contributed by atoms with Crippen molar-refractivity contribution in [3.63, 3.8) is 0 Å². The second-order valence-electron chi connectivity index (χ2n) is 9.55. The molecule has 8 heteroatoms. The molecule has 1 aliphatic rings. The van der Waals surface area contributed by atoms with Crippen molar-refractivity contribution >= 4 is 34.4 Å². The van der Waals surface area contributed by atoms with E-state index in [1.54, 1.807) is 24.3 Å². The summed E-state index contributed by atoms with van der Waals surface area (Å²) >= 11 is 5.94. The summed E-state index contributed by atoms with van der Waals surface area (Å²) in [5.41, 5.74) is 4.56. The van der Waals surface area contributed by atoms with Crippen LogP contribution < -0.4 is 10.6 Å². The Kier molecular flexibility index (Phi) is 6.92. The predicted octanol–water partition coefficient (Wildman–Crippen LogP) is 5.80.